The van der Waals surface area contributed by atoms with Crippen molar-refractivity contribution in [3.05, 3.63) is 39.7 Å². The minimum atomic E-state index is -0.502. The lowest BCUT2D eigenvalue weighted by molar-refractivity contribution is -0.799. The van der Waals surface area contributed by atoms with E-state index in [0.717, 1.165) is 11.3 Å². The van der Waals surface area contributed by atoms with Crippen molar-refractivity contribution in [3.8, 4) is 0 Å². The summed E-state index contributed by atoms with van der Waals surface area (Å²) in [6.45, 7) is 5.54. The van der Waals surface area contributed by atoms with Gasteiger partial charge >= 0.3 is 5.97 Å². The summed E-state index contributed by atoms with van der Waals surface area (Å²) in [5.41, 5.74) is 2.77. The zero-order valence-electron chi connectivity index (χ0n) is 14.0. The molecule has 3 rings (SSSR count). The molecule has 0 aromatic carbocycles. The van der Waals surface area contributed by atoms with E-state index in [4.69, 9.17) is 14.3 Å². The number of hydrogen-bond acceptors (Lipinski definition) is 6. The van der Waals surface area contributed by atoms with E-state index < -0.39 is 12.0 Å². The third kappa shape index (κ3) is 3.04. The zero-order chi connectivity index (χ0) is 17.1. The van der Waals surface area contributed by atoms with Gasteiger partial charge in [-0.1, -0.05) is 5.18 Å². The molecular weight excluding hydrogens is 300 g/mol. The van der Waals surface area contributed by atoms with Crippen molar-refractivity contribution < 1.29 is 23.8 Å². The standard InChI is InChI=1S/C16H21N2O5/c1-9-6-12-7-13(14(8-21-4)16(19)22-5)15(9)23-18(12)11(3)10(2)17-20/h7-8,10-11H,6H2,1-5H3/q+1. The molecule has 2 unspecified atom stereocenters. The summed E-state index contributed by atoms with van der Waals surface area (Å²) in [5.74, 6) is 0.0799. The molecule has 2 heterocycles. The molecule has 0 saturated heterocycles. The predicted octanol–water partition coefficient (Wildman–Crippen LogP) is 2.24. The van der Waals surface area contributed by atoms with E-state index in [-0.39, 0.29) is 11.6 Å². The van der Waals surface area contributed by atoms with E-state index in [9.17, 15) is 9.70 Å². The highest BCUT2D eigenvalue weighted by Gasteiger charge is 2.41. The average molecular weight is 321 g/mol. The summed E-state index contributed by atoms with van der Waals surface area (Å²) >= 11 is 0. The van der Waals surface area contributed by atoms with Gasteiger partial charge in [0, 0.05) is 18.6 Å². The summed E-state index contributed by atoms with van der Waals surface area (Å²) < 4.78 is 11.5. The van der Waals surface area contributed by atoms with Crippen LogP contribution in [0.3, 0.4) is 0 Å². The van der Waals surface area contributed by atoms with Gasteiger partial charge in [0.2, 0.25) is 17.5 Å². The number of carbonyl (C=O) groups is 1. The third-order valence-electron chi connectivity index (χ3n) is 4.03. The summed E-state index contributed by atoms with van der Waals surface area (Å²) in [4.78, 5) is 28.7. The van der Waals surface area contributed by atoms with E-state index in [1.807, 2.05) is 19.9 Å². The highest BCUT2D eigenvalue weighted by Crippen LogP contribution is 2.35. The van der Waals surface area contributed by atoms with E-state index >= 15 is 0 Å². The van der Waals surface area contributed by atoms with Crippen molar-refractivity contribution in [2.75, 3.05) is 14.2 Å². The molecule has 0 aromatic rings. The Bertz CT molecular complexity index is 657. The predicted molar refractivity (Wildman–Crippen MR) is 83.6 cm³/mol. The van der Waals surface area contributed by atoms with E-state index in [0.29, 0.717) is 17.8 Å². The Morgan fingerprint density at radius 1 is 1.43 bits per heavy atom. The molecule has 0 aromatic heterocycles. The van der Waals surface area contributed by atoms with Crippen molar-refractivity contribution in [3.63, 3.8) is 0 Å². The van der Waals surface area contributed by atoms with Gasteiger partial charge in [-0.15, -0.1) is 0 Å². The fourth-order valence-corrected chi connectivity index (χ4v) is 2.57. The van der Waals surface area contributed by atoms with Gasteiger partial charge in [0.1, 0.15) is 5.57 Å². The first kappa shape index (κ1) is 16.9. The van der Waals surface area contributed by atoms with E-state index in [2.05, 4.69) is 5.18 Å². The molecule has 7 heteroatoms. The topological polar surface area (TPSA) is 77.2 Å². The maximum Gasteiger partial charge on any atom is 0.341 e. The van der Waals surface area contributed by atoms with Crippen molar-refractivity contribution >= 4 is 11.7 Å². The van der Waals surface area contributed by atoms with Crippen LogP contribution in [-0.4, -0.2) is 42.7 Å². The Hall–Kier alpha value is -2.44. The highest BCUT2D eigenvalue weighted by atomic mass is 16.7. The number of hydroxylamine groups is 1. The molecule has 0 radical (unpaired) electrons. The summed E-state index contributed by atoms with van der Waals surface area (Å²) in [6, 6.07) is -0.634. The number of rotatable bonds is 6. The zero-order valence-corrected chi connectivity index (χ0v) is 14.0. The maximum atomic E-state index is 12.0. The molecule has 1 aliphatic carbocycles. The monoisotopic (exact) mass is 321 g/mol. The number of nitrogens with zero attached hydrogens (tertiary/aromatic N) is 2. The van der Waals surface area contributed by atoms with Crippen LogP contribution in [0.2, 0.25) is 0 Å². The van der Waals surface area contributed by atoms with Gasteiger partial charge in [-0.3, -0.25) is 0 Å². The SMILES string of the molecule is COC=C(C(=O)OC)C1=CC2=[N+](C(C)C(C)N=O)OC1=C(C)C2. The molecule has 2 aliphatic heterocycles. The molecule has 0 saturated carbocycles. The number of allylic oxidation sites excluding steroid dienone is 3. The fraction of sp³-hybridized carbons (Fsp3) is 0.500. The second-order valence-electron chi connectivity index (χ2n) is 5.60. The minimum Gasteiger partial charge on any atom is -0.503 e. The molecule has 0 amide bonds. The van der Waals surface area contributed by atoms with Gasteiger partial charge in [0.15, 0.2) is 6.04 Å². The quantitative estimate of drug-likeness (QED) is 0.246. The Morgan fingerprint density at radius 2 is 2.13 bits per heavy atom. The van der Waals surface area contributed by atoms with Gasteiger partial charge in [-0.05, 0) is 24.2 Å². The van der Waals surface area contributed by atoms with Crippen LogP contribution in [0, 0.1) is 4.91 Å². The Balaban J connectivity index is 2.48. The average Bonchev–Trinajstić information content (AvgIpc) is 2.57. The number of nitroso groups, excluding NO2 is 1. The summed E-state index contributed by atoms with van der Waals surface area (Å²) in [7, 11) is 2.78. The largest absolute Gasteiger partial charge is 0.503 e. The van der Waals surface area contributed by atoms with Gasteiger partial charge < -0.3 is 9.47 Å². The van der Waals surface area contributed by atoms with Crippen molar-refractivity contribution in [2.45, 2.75) is 39.3 Å². The molecule has 124 valence electrons. The Morgan fingerprint density at radius 3 is 2.65 bits per heavy atom. The van der Waals surface area contributed by atoms with Gasteiger partial charge in [-0.2, -0.15) is 4.91 Å². The lowest BCUT2D eigenvalue weighted by Gasteiger charge is -2.26. The van der Waals surface area contributed by atoms with Crippen LogP contribution in [0.1, 0.15) is 27.2 Å². The summed E-state index contributed by atoms with van der Waals surface area (Å²) in [6.07, 6.45) is 3.89. The molecule has 0 fully saturated rings. The van der Waals surface area contributed by atoms with E-state index in [1.54, 1.807) is 11.7 Å². The lowest BCUT2D eigenvalue weighted by atomic mass is 9.91. The summed E-state index contributed by atoms with van der Waals surface area (Å²) in [5, 5.41) is 3.06. The number of methoxy groups -OCH3 is 2. The molecule has 23 heavy (non-hydrogen) atoms. The first-order valence-corrected chi connectivity index (χ1v) is 7.33. The Kier molecular flexibility index (Phi) is 4.98. The van der Waals surface area contributed by atoms with Crippen LogP contribution < -0.4 is 0 Å². The second-order valence-corrected chi connectivity index (χ2v) is 5.60. The molecular formula is C16H21N2O5+. The number of hydrogen-bond donors (Lipinski definition) is 0. The van der Waals surface area contributed by atoms with Crippen LogP contribution >= 0.6 is 0 Å². The van der Waals surface area contributed by atoms with Gasteiger partial charge in [0.05, 0.1) is 26.9 Å². The number of fused-ring (bicyclic) bond motifs is 2. The van der Waals surface area contributed by atoms with Gasteiger partial charge in [0.25, 0.3) is 0 Å². The first-order chi connectivity index (χ1) is 10.9. The molecule has 7 nitrogen and oxygen atoms in total. The minimum absolute atomic E-state index is 0.212. The molecule has 2 bridgehead atoms. The highest BCUT2D eigenvalue weighted by molar-refractivity contribution is 6.02. The Labute approximate surface area is 134 Å². The van der Waals surface area contributed by atoms with Crippen LogP contribution in [0.5, 0.6) is 0 Å². The fourth-order valence-electron chi connectivity index (χ4n) is 2.57. The lowest BCUT2D eigenvalue weighted by Crippen LogP contribution is -2.41. The molecule has 0 N–H and O–H groups in total. The molecule has 0 spiro atoms. The van der Waals surface area contributed by atoms with Crippen LogP contribution in [0.4, 0.5) is 0 Å². The number of esters is 1. The van der Waals surface area contributed by atoms with Crippen molar-refractivity contribution in [2.24, 2.45) is 5.18 Å². The number of carbonyl (C=O) groups excluding carboxylic acids is 1. The third-order valence-corrected chi connectivity index (χ3v) is 4.03. The van der Waals surface area contributed by atoms with Gasteiger partial charge in [-0.25, -0.2) is 9.63 Å². The van der Waals surface area contributed by atoms with Crippen molar-refractivity contribution in [1.82, 2.24) is 0 Å². The van der Waals surface area contributed by atoms with Crippen molar-refractivity contribution in [1.29, 1.82) is 0 Å². The van der Waals surface area contributed by atoms with Crippen LogP contribution in [0.15, 0.2) is 40.0 Å². The second kappa shape index (κ2) is 6.76. The molecule has 3 aliphatic rings. The normalized spacial score (nSPS) is 19.9. The number of ether oxygens (including phenoxy) is 2. The van der Waals surface area contributed by atoms with E-state index in [1.165, 1.54) is 20.5 Å². The smallest absolute Gasteiger partial charge is 0.341 e. The van der Waals surface area contributed by atoms with Crippen LogP contribution in [0.25, 0.3) is 0 Å². The maximum absolute atomic E-state index is 12.0. The van der Waals surface area contributed by atoms with Crippen LogP contribution in [-0.2, 0) is 19.1 Å². The molecule has 2 atom stereocenters. The first-order valence-electron chi connectivity index (χ1n) is 7.33.